The Hall–Kier alpha value is -2.30. The van der Waals surface area contributed by atoms with E-state index < -0.39 is 5.97 Å². The van der Waals surface area contributed by atoms with E-state index in [-0.39, 0.29) is 24.6 Å². The molecule has 0 aliphatic carbocycles. The highest BCUT2D eigenvalue weighted by molar-refractivity contribution is 5.73. The highest BCUT2D eigenvalue weighted by Crippen LogP contribution is 2.20. The largest absolute Gasteiger partial charge is 0.507 e. The number of hydrogen-bond acceptors (Lipinski definition) is 4. The fourth-order valence-electron chi connectivity index (χ4n) is 1.39. The molecule has 2 N–H and O–H groups in total. The van der Waals surface area contributed by atoms with Gasteiger partial charge in [0.15, 0.2) is 0 Å². The summed E-state index contributed by atoms with van der Waals surface area (Å²) in [5.74, 6) is -1.29. The maximum absolute atomic E-state index is 10.9. The predicted molar refractivity (Wildman–Crippen MR) is 65.1 cm³/mol. The second-order valence-electron chi connectivity index (χ2n) is 3.65. The number of aliphatic carboxylic acids is 1. The molecular formula is C13H14O5. The van der Waals surface area contributed by atoms with Crippen LogP contribution in [0.3, 0.4) is 0 Å². The minimum Gasteiger partial charge on any atom is -0.507 e. The second kappa shape index (κ2) is 6.44. The molecule has 0 heterocycles. The van der Waals surface area contributed by atoms with Crippen molar-refractivity contribution >= 4 is 18.0 Å². The topological polar surface area (TPSA) is 83.8 Å². The van der Waals surface area contributed by atoms with Gasteiger partial charge in [0.2, 0.25) is 0 Å². The van der Waals surface area contributed by atoms with Crippen molar-refractivity contribution in [2.45, 2.75) is 12.8 Å². The van der Waals surface area contributed by atoms with Crippen molar-refractivity contribution < 1.29 is 24.5 Å². The minimum absolute atomic E-state index is 0.0326. The summed E-state index contributed by atoms with van der Waals surface area (Å²) in [5, 5.41) is 18.2. The molecule has 5 heteroatoms. The summed E-state index contributed by atoms with van der Waals surface area (Å²) in [6, 6.07) is 4.54. The summed E-state index contributed by atoms with van der Waals surface area (Å²) >= 11 is 0. The first-order valence-electron chi connectivity index (χ1n) is 5.30. The number of aromatic hydroxyl groups is 1. The molecule has 0 atom stereocenters. The lowest BCUT2D eigenvalue weighted by Gasteiger charge is -2.02. The van der Waals surface area contributed by atoms with Crippen LogP contribution in [-0.2, 0) is 20.7 Å². The zero-order valence-corrected chi connectivity index (χ0v) is 9.92. The number of ether oxygens (including phenoxy) is 1. The Bertz CT molecular complexity index is 476. The predicted octanol–water partition coefficient (Wildman–Crippen LogP) is 1.60. The highest BCUT2D eigenvalue weighted by atomic mass is 16.5. The van der Waals surface area contributed by atoms with E-state index >= 15 is 0 Å². The van der Waals surface area contributed by atoms with Crippen molar-refractivity contribution in [3.63, 3.8) is 0 Å². The fourth-order valence-corrected chi connectivity index (χ4v) is 1.39. The average Bonchev–Trinajstić information content (AvgIpc) is 2.32. The standard InChI is InChI=1S/C13H14O5/c1-18-13(17)4-2-3-10-7-9(8-12(15)16)5-6-11(10)14/h2-3,5-7,14H,4,8H2,1H3,(H,15,16). The maximum atomic E-state index is 10.9. The molecule has 0 unspecified atom stereocenters. The third-order valence-corrected chi connectivity index (χ3v) is 2.26. The lowest BCUT2D eigenvalue weighted by atomic mass is 10.1. The summed E-state index contributed by atoms with van der Waals surface area (Å²) in [4.78, 5) is 21.5. The first-order chi connectivity index (χ1) is 8.52. The maximum Gasteiger partial charge on any atom is 0.309 e. The first kappa shape index (κ1) is 13.8. The van der Waals surface area contributed by atoms with Gasteiger partial charge in [-0.1, -0.05) is 18.2 Å². The lowest BCUT2D eigenvalue weighted by molar-refractivity contribution is -0.139. The number of benzene rings is 1. The van der Waals surface area contributed by atoms with E-state index in [0.29, 0.717) is 11.1 Å². The Kier molecular flexibility index (Phi) is 4.92. The quantitative estimate of drug-likeness (QED) is 0.775. The van der Waals surface area contributed by atoms with E-state index in [2.05, 4.69) is 4.74 Å². The van der Waals surface area contributed by atoms with Crippen molar-refractivity contribution in [3.8, 4) is 5.75 Å². The van der Waals surface area contributed by atoms with Crippen molar-refractivity contribution in [3.05, 3.63) is 35.4 Å². The Morgan fingerprint density at radius 2 is 2.11 bits per heavy atom. The monoisotopic (exact) mass is 250 g/mol. The van der Waals surface area contributed by atoms with Crippen molar-refractivity contribution in [1.82, 2.24) is 0 Å². The van der Waals surface area contributed by atoms with Gasteiger partial charge in [-0.15, -0.1) is 0 Å². The molecule has 0 fully saturated rings. The van der Waals surface area contributed by atoms with Gasteiger partial charge < -0.3 is 14.9 Å². The number of carboxylic acid groups (broad SMARTS) is 1. The van der Waals surface area contributed by atoms with E-state index in [1.165, 1.54) is 13.2 Å². The molecule has 0 saturated carbocycles. The number of carboxylic acids is 1. The van der Waals surface area contributed by atoms with Gasteiger partial charge in [-0.25, -0.2) is 0 Å². The Morgan fingerprint density at radius 1 is 1.39 bits per heavy atom. The Morgan fingerprint density at radius 3 is 2.72 bits per heavy atom. The van der Waals surface area contributed by atoms with Crippen LogP contribution in [0.15, 0.2) is 24.3 Å². The number of methoxy groups -OCH3 is 1. The molecule has 1 aromatic rings. The van der Waals surface area contributed by atoms with Gasteiger partial charge in [0.1, 0.15) is 5.75 Å². The van der Waals surface area contributed by atoms with Gasteiger partial charge in [-0.2, -0.15) is 0 Å². The average molecular weight is 250 g/mol. The molecule has 18 heavy (non-hydrogen) atoms. The molecule has 96 valence electrons. The van der Waals surface area contributed by atoms with Crippen LogP contribution in [0, 0.1) is 0 Å². The van der Waals surface area contributed by atoms with Crippen LogP contribution in [0.1, 0.15) is 17.5 Å². The molecule has 0 amide bonds. The van der Waals surface area contributed by atoms with Crippen LogP contribution < -0.4 is 0 Å². The molecule has 0 spiro atoms. The van der Waals surface area contributed by atoms with Crippen LogP contribution >= 0.6 is 0 Å². The van der Waals surface area contributed by atoms with Gasteiger partial charge in [-0.3, -0.25) is 9.59 Å². The van der Waals surface area contributed by atoms with Crippen molar-refractivity contribution in [1.29, 1.82) is 0 Å². The van der Waals surface area contributed by atoms with E-state index in [1.54, 1.807) is 24.3 Å². The zero-order chi connectivity index (χ0) is 13.5. The summed E-state index contributed by atoms with van der Waals surface area (Å²) < 4.78 is 4.46. The fraction of sp³-hybridized carbons (Fsp3) is 0.231. The summed E-state index contributed by atoms with van der Waals surface area (Å²) in [5.41, 5.74) is 1.05. The van der Waals surface area contributed by atoms with Crippen LogP contribution in [0.5, 0.6) is 5.75 Å². The summed E-state index contributed by atoms with van der Waals surface area (Å²) in [7, 11) is 1.29. The van der Waals surface area contributed by atoms with Crippen molar-refractivity contribution in [2.24, 2.45) is 0 Å². The minimum atomic E-state index is -0.940. The molecule has 0 aliphatic rings. The Balaban J connectivity index is 2.80. The van der Waals surface area contributed by atoms with Gasteiger partial charge in [-0.05, 0) is 17.7 Å². The number of phenolic OH excluding ortho intramolecular Hbond substituents is 1. The van der Waals surface area contributed by atoms with Gasteiger partial charge in [0.05, 0.1) is 20.0 Å². The first-order valence-corrected chi connectivity index (χ1v) is 5.30. The smallest absolute Gasteiger partial charge is 0.309 e. The third-order valence-electron chi connectivity index (χ3n) is 2.26. The molecular weight excluding hydrogens is 236 g/mol. The number of hydrogen-bond donors (Lipinski definition) is 2. The highest BCUT2D eigenvalue weighted by Gasteiger charge is 2.04. The van der Waals surface area contributed by atoms with Crippen LogP contribution in [0.2, 0.25) is 0 Å². The number of phenols is 1. The normalized spacial score (nSPS) is 10.5. The number of rotatable bonds is 5. The molecule has 0 saturated heterocycles. The number of carbonyl (C=O) groups is 2. The zero-order valence-electron chi connectivity index (χ0n) is 9.92. The molecule has 5 nitrogen and oxygen atoms in total. The summed E-state index contributed by atoms with van der Waals surface area (Å²) in [6.07, 6.45) is 3.08. The van der Waals surface area contributed by atoms with Crippen LogP contribution in [0.4, 0.5) is 0 Å². The van der Waals surface area contributed by atoms with E-state index in [9.17, 15) is 14.7 Å². The Labute approximate surface area is 104 Å². The molecule has 0 aromatic heterocycles. The van der Waals surface area contributed by atoms with E-state index in [4.69, 9.17) is 5.11 Å². The number of carbonyl (C=O) groups excluding carboxylic acids is 1. The van der Waals surface area contributed by atoms with Crippen LogP contribution in [0.25, 0.3) is 6.08 Å². The van der Waals surface area contributed by atoms with Crippen molar-refractivity contribution in [2.75, 3.05) is 7.11 Å². The van der Waals surface area contributed by atoms with Gasteiger partial charge in [0.25, 0.3) is 0 Å². The molecule has 1 aromatic carbocycles. The number of esters is 1. The third kappa shape index (κ3) is 4.29. The van der Waals surface area contributed by atoms with Crippen LogP contribution in [-0.4, -0.2) is 29.3 Å². The summed E-state index contributed by atoms with van der Waals surface area (Å²) in [6.45, 7) is 0. The van der Waals surface area contributed by atoms with Gasteiger partial charge >= 0.3 is 11.9 Å². The molecule has 1 rings (SSSR count). The molecule has 0 bridgehead atoms. The molecule has 0 aliphatic heterocycles. The molecule has 0 radical (unpaired) electrons. The SMILES string of the molecule is COC(=O)CC=Cc1cc(CC(=O)O)ccc1O. The van der Waals surface area contributed by atoms with E-state index in [0.717, 1.165) is 0 Å². The van der Waals surface area contributed by atoms with Gasteiger partial charge in [0, 0.05) is 5.56 Å². The lowest BCUT2D eigenvalue weighted by Crippen LogP contribution is -2.00. The second-order valence-corrected chi connectivity index (χ2v) is 3.65. The van der Waals surface area contributed by atoms with E-state index in [1.807, 2.05) is 0 Å².